The molecule has 0 spiro atoms. The molecule has 0 saturated carbocycles. The molecule has 112 valence electrons. The molecular weight excluding hydrogens is 286 g/mol. The molecule has 2 rings (SSSR count). The van der Waals surface area contributed by atoms with E-state index in [2.05, 4.69) is 12.2 Å². The Kier molecular flexibility index (Phi) is 5.48. The summed E-state index contributed by atoms with van der Waals surface area (Å²) >= 11 is 5.92. The summed E-state index contributed by atoms with van der Waals surface area (Å²) in [5, 5.41) is 14.3. The molecule has 2 aromatic carbocycles. The standard InChI is InChI=1S/C17H20ClNO2/c1-3-15(12-7-9-14(18)10-8-12)19-11-13-5-4-6-16(21-2)17(13)20/h4-10,15,19-20H,3,11H2,1-2H3. The highest BCUT2D eigenvalue weighted by Crippen LogP contribution is 2.30. The Morgan fingerprint density at radius 3 is 2.52 bits per heavy atom. The summed E-state index contributed by atoms with van der Waals surface area (Å²) in [5.41, 5.74) is 2.01. The third-order valence-corrected chi connectivity index (χ3v) is 3.77. The molecule has 0 saturated heterocycles. The molecular formula is C17H20ClNO2. The molecule has 4 heteroatoms. The maximum absolute atomic E-state index is 10.1. The van der Waals surface area contributed by atoms with Crippen molar-refractivity contribution in [3.05, 3.63) is 58.6 Å². The predicted molar refractivity (Wildman–Crippen MR) is 86.0 cm³/mol. The van der Waals surface area contributed by atoms with Gasteiger partial charge >= 0.3 is 0 Å². The molecule has 0 aliphatic heterocycles. The van der Waals surface area contributed by atoms with Crippen LogP contribution >= 0.6 is 11.6 Å². The number of rotatable bonds is 6. The molecule has 3 nitrogen and oxygen atoms in total. The lowest BCUT2D eigenvalue weighted by molar-refractivity contribution is 0.368. The first-order chi connectivity index (χ1) is 10.2. The fourth-order valence-corrected chi connectivity index (χ4v) is 2.43. The molecule has 0 heterocycles. The minimum Gasteiger partial charge on any atom is -0.504 e. The van der Waals surface area contributed by atoms with E-state index in [1.165, 1.54) is 5.56 Å². The SMILES string of the molecule is CCC(NCc1cccc(OC)c1O)c1ccc(Cl)cc1. The van der Waals surface area contributed by atoms with Gasteiger partial charge < -0.3 is 15.2 Å². The van der Waals surface area contributed by atoms with E-state index in [-0.39, 0.29) is 11.8 Å². The monoisotopic (exact) mass is 305 g/mol. The van der Waals surface area contributed by atoms with Crippen molar-refractivity contribution in [2.24, 2.45) is 0 Å². The molecule has 0 radical (unpaired) electrons. The molecule has 0 amide bonds. The topological polar surface area (TPSA) is 41.5 Å². The van der Waals surface area contributed by atoms with Gasteiger partial charge in [0.05, 0.1) is 7.11 Å². The summed E-state index contributed by atoms with van der Waals surface area (Å²) < 4.78 is 5.12. The van der Waals surface area contributed by atoms with E-state index < -0.39 is 0 Å². The van der Waals surface area contributed by atoms with Crippen LogP contribution in [0.25, 0.3) is 0 Å². The van der Waals surface area contributed by atoms with Crippen molar-refractivity contribution in [2.75, 3.05) is 7.11 Å². The number of phenolic OH excluding ortho intramolecular Hbond substituents is 1. The number of para-hydroxylation sites is 1. The Morgan fingerprint density at radius 1 is 1.19 bits per heavy atom. The van der Waals surface area contributed by atoms with Crippen molar-refractivity contribution in [3.63, 3.8) is 0 Å². The van der Waals surface area contributed by atoms with E-state index in [4.69, 9.17) is 16.3 Å². The van der Waals surface area contributed by atoms with E-state index in [1.807, 2.05) is 36.4 Å². The number of halogens is 1. The lowest BCUT2D eigenvalue weighted by atomic mass is 10.0. The Balaban J connectivity index is 2.08. The van der Waals surface area contributed by atoms with Crippen molar-refractivity contribution in [1.82, 2.24) is 5.32 Å². The molecule has 0 aliphatic carbocycles. The van der Waals surface area contributed by atoms with E-state index >= 15 is 0 Å². The summed E-state index contributed by atoms with van der Waals surface area (Å²) in [5.74, 6) is 0.687. The van der Waals surface area contributed by atoms with Gasteiger partial charge in [-0.05, 0) is 30.2 Å². The van der Waals surface area contributed by atoms with Crippen molar-refractivity contribution < 1.29 is 9.84 Å². The first-order valence-corrected chi connectivity index (χ1v) is 7.37. The van der Waals surface area contributed by atoms with Gasteiger partial charge in [0, 0.05) is 23.2 Å². The van der Waals surface area contributed by atoms with Crippen LogP contribution in [-0.2, 0) is 6.54 Å². The van der Waals surface area contributed by atoms with Crippen LogP contribution in [0.2, 0.25) is 5.02 Å². The Morgan fingerprint density at radius 2 is 1.90 bits per heavy atom. The average molecular weight is 306 g/mol. The predicted octanol–water partition coefficient (Wildman–Crippen LogP) is 4.30. The second kappa shape index (κ2) is 7.34. The second-order valence-electron chi connectivity index (χ2n) is 4.86. The van der Waals surface area contributed by atoms with Crippen molar-refractivity contribution >= 4 is 11.6 Å². The Labute approximate surface area is 130 Å². The van der Waals surface area contributed by atoms with Crippen LogP contribution in [0.5, 0.6) is 11.5 Å². The number of nitrogens with one attached hydrogen (secondary N) is 1. The first-order valence-electron chi connectivity index (χ1n) is 6.99. The summed E-state index contributed by atoms with van der Waals surface area (Å²) in [6.07, 6.45) is 0.951. The van der Waals surface area contributed by atoms with Crippen LogP contribution in [-0.4, -0.2) is 12.2 Å². The zero-order valence-electron chi connectivity index (χ0n) is 12.3. The largest absolute Gasteiger partial charge is 0.504 e. The average Bonchev–Trinajstić information content (AvgIpc) is 2.51. The van der Waals surface area contributed by atoms with Crippen molar-refractivity contribution in [1.29, 1.82) is 0 Å². The van der Waals surface area contributed by atoms with E-state index in [0.717, 1.165) is 17.0 Å². The van der Waals surface area contributed by atoms with Crippen LogP contribution in [0, 0.1) is 0 Å². The number of benzene rings is 2. The molecule has 0 aromatic heterocycles. The second-order valence-corrected chi connectivity index (χ2v) is 5.30. The van der Waals surface area contributed by atoms with Crippen LogP contribution in [0.1, 0.15) is 30.5 Å². The molecule has 1 atom stereocenters. The lowest BCUT2D eigenvalue weighted by Crippen LogP contribution is -2.20. The minimum absolute atomic E-state index is 0.193. The van der Waals surface area contributed by atoms with Gasteiger partial charge in [0.1, 0.15) is 0 Å². The molecule has 1 unspecified atom stereocenters. The summed E-state index contributed by atoms with van der Waals surface area (Å²) in [7, 11) is 1.55. The summed E-state index contributed by atoms with van der Waals surface area (Å²) in [6, 6.07) is 13.6. The third kappa shape index (κ3) is 3.90. The minimum atomic E-state index is 0.193. The maximum Gasteiger partial charge on any atom is 0.162 e. The van der Waals surface area contributed by atoms with Crippen molar-refractivity contribution in [3.8, 4) is 11.5 Å². The summed E-state index contributed by atoms with van der Waals surface area (Å²) in [6.45, 7) is 2.70. The third-order valence-electron chi connectivity index (χ3n) is 3.52. The van der Waals surface area contributed by atoms with Gasteiger partial charge in [0.15, 0.2) is 11.5 Å². The number of ether oxygens (including phenoxy) is 1. The van der Waals surface area contributed by atoms with Crippen LogP contribution in [0.15, 0.2) is 42.5 Å². The fraction of sp³-hybridized carbons (Fsp3) is 0.294. The van der Waals surface area contributed by atoms with Gasteiger partial charge in [0.2, 0.25) is 0 Å². The number of aromatic hydroxyl groups is 1. The highest BCUT2D eigenvalue weighted by atomic mass is 35.5. The van der Waals surface area contributed by atoms with E-state index in [0.29, 0.717) is 12.3 Å². The number of hydrogen-bond acceptors (Lipinski definition) is 3. The van der Waals surface area contributed by atoms with Crippen LogP contribution in [0.4, 0.5) is 0 Å². The maximum atomic E-state index is 10.1. The zero-order chi connectivity index (χ0) is 15.2. The highest BCUT2D eigenvalue weighted by Gasteiger charge is 2.11. The molecule has 0 aliphatic rings. The lowest BCUT2D eigenvalue weighted by Gasteiger charge is -2.18. The van der Waals surface area contributed by atoms with E-state index in [9.17, 15) is 5.11 Å². The van der Waals surface area contributed by atoms with Crippen LogP contribution in [0.3, 0.4) is 0 Å². The number of methoxy groups -OCH3 is 1. The van der Waals surface area contributed by atoms with Gasteiger partial charge in [-0.1, -0.05) is 42.8 Å². The Hall–Kier alpha value is -1.71. The zero-order valence-corrected chi connectivity index (χ0v) is 13.0. The summed E-state index contributed by atoms with van der Waals surface area (Å²) in [4.78, 5) is 0. The molecule has 0 bridgehead atoms. The van der Waals surface area contributed by atoms with E-state index in [1.54, 1.807) is 13.2 Å². The molecule has 21 heavy (non-hydrogen) atoms. The van der Waals surface area contributed by atoms with Gasteiger partial charge in [-0.15, -0.1) is 0 Å². The fourth-order valence-electron chi connectivity index (χ4n) is 2.30. The number of phenols is 1. The highest BCUT2D eigenvalue weighted by molar-refractivity contribution is 6.30. The first kappa shape index (κ1) is 15.7. The quantitative estimate of drug-likeness (QED) is 0.836. The van der Waals surface area contributed by atoms with Gasteiger partial charge in [-0.2, -0.15) is 0 Å². The molecule has 0 fully saturated rings. The van der Waals surface area contributed by atoms with Crippen LogP contribution < -0.4 is 10.1 Å². The Bertz CT molecular complexity index is 584. The van der Waals surface area contributed by atoms with Gasteiger partial charge in [0.25, 0.3) is 0 Å². The molecule has 2 aromatic rings. The smallest absolute Gasteiger partial charge is 0.162 e. The van der Waals surface area contributed by atoms with Crippen molar-refractivity contribution in [2.45, 2.75) is 25.9 Å². The molecule has 2 N–H and O–H groups in total. The van der Waals surface area contributed by atoms with Gasteiger partial charge in [-0.25, -0.2) is 0 Å². The van der Waals surface area contributed by atoms with Gasteiger partial charge in [-0.3, -0.25) is 0 Å². The normalized spacial score (nSPS) is 12.1. The number of hydrogen-bond donors (Lipinski definition) is 2.